The van der Waals surface area contributed by atoms with Crippen LogP contribution < -0.4 is 5.32 Å². The van der Waals surface area contributed by atoms with Gasteiger partial charge in [-0.05, 0) is 38.1 Å². The molecule has 0 saturated carbocycles. The number of alkyl halides is 3. The Labute approximate surface area is 129 Å². The molecule has 1 aromatic carbocycles. The lowest BCUT2D eigenvalue weighted by atomic mass is 10.1. The number of hydrogen-bond donors (Lipinski definition) is 2. The van der Waals surface area contributed by atoms with Crippen molar-refractivity contribution < 1.29 is 27.9 Å². The highest BCUT2D eigenvalue weighted by Gasteiger charge is 2.32. The molecule has 2 N–H and O–H groups in total. The van der Waals surface area contributed by atoms with Crippen molar-refractivity contribution in [2.75, 3.05) is 0 Å². The summed E-state index contributed by atoms with van der Waals surface area (Å²) in [6.07, 6.45) is -4.47. The highest BCUT2D eigenvalue weighted by atomic mass is 19.4. The zero-order chi connectivity index (χ0) is 17.6. The van der Waals surface area contributed by atoms with Gasteiger partial charge >= 0.3 is 12.1 Å². The molecule has 8 heteroatoms. The maximum Gasteiger partial charge on any atom is 0.416 e. The molecule has 2 rings (SSSR count). The number of carboxylic acids is 1. The predicted molar refractivity (Wildman–Crippen MR) is 77.1 cm³/mol. The Balaban J connectivity index is 2.44. The van der Waals surface area contributed by atoms with Gasteiger partial charge in [-0.1, -0.05) is 0 Å². The van der Waals surface area contributed by atoms with Crippen LogP contribution in [0.1, 0.15) is 29.9 Å². The number of aryl methyl sites for hydroxylation is 1. The molecule has 0 spiro atoms. The fourth-order valence-corrected chi connectivity index (χ4v) is 2.14. The molecule has 1 aromatic heterocycles. The number of amides is 1. The van der Waals surface area contributed by atoms with E-state index in [9.17, 15) is 22.8 Å². The van der Waals surface area contributed by atoms with Crippen LogP contribution in [-0.4, -0.2) is 27.1 Å². The summed E-state index contributed by atoms with van der Waals surface area (Å²) >= 11 is 0. The van der Waals surface area contributed by atoms with E-state index in [1.807, 2.05) is 0 Å². The highest BCUT2D eigenvalue weighted by Crippen LogP contribution is 2.32. The first-order valence-electron chi connectivity index (χ1n) is 6.66. The maximum absolute atomic E-state index is 12.7. The molecular formula is C15H15F3N2O3. The standard InChI is InChI=1S/C15H15F3N2O3/c1-14(2,13(22)23)19-12(21)11-7-8-6-9(15(16,17)18)4-5-10(8)20(11)3/h4-7H,1-3H3,(H,19,21)(H,22,23). The number of carboxylic acid groups (broad SMARTS) is 1. The van der Waals surface area contributed by atoms with Gasteiger partial charge in [-0.3, -0.25) is 4.79 Å². The van der Waals surface area contributed by atoms with Crippen LogP contribution in [0.25, 0.3) is 10.9 Å². The molecular weight excluding hydrogens is 313 g/mol. The monoisotopic (exact) mass is 328 g/mol. The van der Waals surface area contributed by atoms with Crippen LogP contribution in [0.5, 0.6) is 0 Å². The third kappa shape index (κ3) is 3.15. The molecule has 0 fully saturated rings. The Morgan fingerprint density at radius 2 is 1.78 bits per heavy atom. The van der Waals surface area contributed by atoms with E-state index < -0.39 is 29.2 Å². The topological polar surface area (TPSA) is 71.3 Å². The quantitative estimate of drug-likeness (QED) is 0.910. The van der Waals surface area contributed by atoms with E-state index in [0.717, 1.165) is 12.1 Å². The normalized spacial score (nSPS) is 12.4. The van der Waals surface area contributed by atoms with Crippen LogP contribution in [0.15, 0.2) is 24.3 Å². The summed E-state index contributed by atoms with van der Waals surface area (Å²) in [6, 6.07) is 4.47. The van der Waals surface area contributed by atoms with E-state index >= 15 is 0 Å². The molecule has 1 amide bonds. The largest absolute Gasteiger partial charge is 0.480 e. The van der Waals surface area contributed by atoms with Crippen molar-refractivity contribution in [2.45, 2.75) is 25.6 Å². The average Bonchev–Trinajstić information content (AvgIpc) is 2.74. The Morgan fingerprint density at radius 1 is 1.17 bits per heavy atom. The van der Waals surface area contributed by atoms with Crippen LogP contribution in [0.2, 0.25) is 0 Å². The van der Waals surface area contributed by atoms with E-state index in [4.69, 9.17) is 5.11 Å². The number of halogens is 3. The number of nitrogens with one attached hydrogen (secondary N) is 1. The van der Waals surface area contributed by atoms with E-state index in [0.29, 0.717) is 5.52 Å². The lowest BCUT2D eigenvalue weighted by Crippen LogP contribution is -2.50. The summed E-state index contributed by atoms with van der Waals surface area (Å²) in [7, 11) is 1.53. The number of benzene rings is 1. The number of aliphatic carboxylic acids is 1. The lowest BCUT2D eigenvalue weighted by molar-refractivity contribution is -0.143. The van der Waals surface area contributed by atoms with Crippen molar-refractivity contribution in [3.8, 4) is 0 Å². The van der Waals surface area contributed by atoms with Crippen LogP contribution in [-0.2, 0) is 18.0 Å². The van der Waals surface area contributed by atoms with Crippen LogP contribution in [0.4, 0.5) is 13.2 Å². The minimum absolute atomic E-state index is 0.0775. The summed E-state index contributed by atoms with van der Waals surface area (Å²) in [5.41, 5.74) is -1.79. The minimum Gasteiger partial charge on any atom is -0.480 e. The fraction of sp³-hybridized carbons (Fsp3) is 0.333. The summed E-state index contributed by atoms with van der Waals surface area (Å²) in [5, 5.41) is 11.6. The minimum atomic E-state index is -4.47. The molecule has 0 bridgehead atoms. The second-order valence-electron chi connectivity index (χ2n) is 5.74. The molecule has 2 aromatic rings. The number of fused-ring (bicyclic) bond motifs is 1. The Bertz CT molecular complexity index is 791. The lowest BCUT2D eigenvalue weighted by Gasteiger charge is -2.21. The van der Waals surface area contributed by atoms with Gasteiger partial charge in [-0.15, -0.1) is 0 Å². The highest BCUT2D eigenvalue weighted by molar-refractivity contribution is 6.01. The van der Waals surface area contributed by atoms with E-state index in [-0.39, 0.29) is 11.1 Å². The fourth-order valence-electron chi connectivity index (χ4n) is 2.14. The predicted octanol–water partition coefficient (Wildman–Crippen LogP) is 2.79. The zero-order valence-electron chi connectivity index (χ0n) is 12.7. The SMILES string of the molecule is Cn1c(C(=O)NC(C)(C)C(=O)O)cc2cc(C(F)(F)F)ccc21. The van der Waals surface area contributed by atoms with Gasteiger partial charge in [0.25, 0.3) is 5.91 Å². The molecule has 23 heavy (non-hydrogen) atoms. The van der Waals surface area contributed by atoms with Crippen molar-refractivity contribution in [3.05, 3.63) is 35.5 Å². The molecule has 0 aliphatic carbocycles. The van der Waals surface area contributed by atoms with Crippen LogP contribution in [0, 0.1) is 0 Å². The summed E-state index contributed by atoms with van der Waals surface area (Å²) in [6.45, 7) is 2.63. The van der Waals surface area contributed by atoms with Crippen molar-refractivity contribution in [2.24, 2.45) is 7.05 Å². The van der Waals surface area contributed by atoms with Crippen molar-refractivity contribution >= 4 is 22.8 Å². The molecule has 0 saturated heterocycles. The van der Waals surface area contributed by atoms with Gasteiger partial charge in [-0.2, -0.15) is 13.2 Å². The summed E-state index contributed by atoms with van der Waals surface area (Å²) < 4.78 is 39.6. The van der Waals surface area contributed by atoms with Crippen molar-refractivity contribution in [1.29, 1.82) is 0 Å². The number of carbonyl (C=O) groups is 2. The first kappa shape index (κ1) is 16.9. The van der Waals surface area contributed by atoms with Crippen LogP contribution in [0.3, 0.4) is 0 Å². The van der Waals surface area contributed by atoms with E-state index in [2.05, 4.69) is 5.32 Å². The van der Waals surface area contributed by atoms with Gasteiger partial charge in [0.15, 0.2) is 0 Å². The number of hydrogen-bond acceptors (Lipinski definition) is 2. The molecule has 124 valence electrons. The second-order valence-corrected chi connectivity index (χ2v) is 5.74. The third-order valence-electron chi connectivity index (χ3n) is 3.56. The second kappa shape index (κ2) is 5.29. The summed E-state index contributed by atoms with van der Waals surface area (Å²) in [5.74, 6) is -1.89. The van der Waals surface area contributed by atoms with Gasteiger partial charge in [0.05, 0.1) is 5.56 Å². The van der Waals surface area contributed by atoms with E-state index in [1.165, 1.54) is 37.6 Å². The van der Waals surface area contributed by atoms with Crippen molar-refractivity contribution in [1.82, 2.24) is 9.88 Å². The maximum atomic E-state index is 12.7. The number of aromatic nitrogens is 1. The zero-order valence-corrected chi connectivity index (χ0v) is 12.7. The third-order valence-corrected chi connectivity index (χ3v) is 3.56. The number of rotatable bonds is 3. The van der Waals surface area contributed by atoms with Crippen molar-refractivity contribution in [3.63, 3.8) is 0 Å². The van der Waals surface area contributed by atoms with Gasteiger partial charge < -0.3 is 15.0 Å². The Kier molecular flexibility index (Phi) is 3.88. The number of carbonyl (C=O) groups excluding carboxylic acids is 1. The molecule has 0 unspecified atom stereocenters. The van der Waals surface area contributed by atoms with Gasteiger partial charge in [-0.25, -0.2) is 4.79 Å². The Morgan fingerprint density at radius 3 is 2.30 bits per heavy atom. The van der Waals surface area contributed by atoms with Gasteiger partial charge in [0, 0.05) is 18.0 Å². The first-order chi connectivity index (χ1) is 10.4. The number of nitrogens with zero attached hydrogens (tertiary/aromatic N) is 1. The van der Waals surface area contributed by atoms with Gasteiger partial charge in [0.1, 0.15) is 11.2 Å². The Hall–Kier alpha value is -2.51. The summed E-state index contributed by atoms with van der Waals surface area (Å²) in [4.78, 5) is 23.3. The average molecular weight is 328 g/mol. The smallest absolute Gasteiger partial charge is 0.416 e. The van der Waals surface area contributed by atoms with Gasteiger partial charge in [0.2, 0.25) is 0 Å². The molecule has 5 nitrogen and oxygen atoms in total. The molecule has 0 aliphatic rings. The van der Waals surface area contributed by atoms with E-state index in [1.54, 1.807) is 0 Å². The van der Waals surface area contributed by atoms with Crippen LogP contribution >= 0.6 is 0 Å². The molecule has 0 atom stereocenters. The first-order valence-corrected chi connectivity index (χ1v) is 6.66. The molecule has 0 aliphatic heterocycles. The molecule has 0 radical (unpaired) electrons. The molecule has 1 heterocycles.